The molecule has 0 aromatic heterocycles. The summed E-state index contributed by atoms with van der Waals surface area (Å²) in [4.78, 5) is 46.0. The van der Waals surface area contributed by atoms with Gasteiger partial charge in [-0.1, -0.05) is 71.0 Å². The molecule has 0 aliphatic heterocycles. The number of esters is 4. The van der Waals surface area contributed by atoms with Gasteiger partial charge in [-0.25, -0.2) is 9.59 Å². The molecular formula is C31H42O8. The average Bonchev–Trinajstić information content (AvgIpc) is 2.98. The molecule has 0 spiro atoms. The lowest BCUT2D eigenvalue weighted by Crippen LogP contribution is -2.28. The molecule has 214 valence electrons. The van der Waals surface area contributed by atoms with Crippen LogP contribution < -0.4 is 0 Å². The normalized spacial score (nSPS) is 12.5. The second-order valence-corrected chi connectivity index (χ2v) is 8.90. The fourth-order valence-corrected chi connectivity index (χ4v) is 3.38. The summed E-state index contributed by atoms with van der Waals surface area (Å²) in [6, 6.07) is 17.7. The first-order valence-corrected chi connectivity index (χ1v) is 13.6. The molecule has 3 unspecified atom stereocenters. The van der Waals surface area contributed by atoms with Crippen molar-refractivity contribution in [2.24, 2.45) is 5.92 Å². The van der Waals surface area contributed by atoms with E-state index in [1.807, 2.05) is 32.9 Å². The highest BCUT2D eigenvalue weighted by molar-refractivity contribution is 5.90. The van der Waals surface area contributed by atoms with E-state index in [1.165, 1.54) is 0 Å². The summed E-state index contributed by atoms with van der Waals surface area (Å²) in [7, 11) is 0. The highest BCUT2D eigenvalue weighted by Gasteiger charge is 2.22. The van der Waals surface area contributed by atoms with Crippen LogP contribution in [0.5, 0.6) is 0 Å². The fraction of sp³-hybridized carbons (Fsp3) is 0.484. The van der Waals surface area contributed by atoms with Crippen LogP contribution >= 0.6 is 0 Å². The maximum atomic E-state index is 12.1. The number of hydrogen-bond acceptors (Lipinski definition) is 8. The summed E-state index contributed by atoms with van der Waals surface area (Å²) in [5.41, 5.74) is 1.03. The van der Waals surface area contributed by atoms with Gasteiger partial charge in [0.2, 0.25) is 0 Å². The molecule has 3 atom stereocenters. The van der Waals surface area contributed by atoms with Crippen LogP contribution in [0.4, 0.5) is 0 Å². The van der Waals surface area contributed by atoms with Crippen molar-refractivity contribution in [2.75, 3.05) is 13.2 Å². The second-order valence-electron chi connectivity index (χ2n) is 8.90. The maximum Gasteiger partial charge on any atom is 0.338 e. The van der Waals surface area contributed by atoms with Crippen molar-refractivity contribution in [1.82, 2.24) is 0 Å². The summed E-state index contributed by atoms with van der Waals surface area (Å²) in [6.45, 7) is 9.82. The van der Waals surface area contributed by atoms with E-state index in [-0.39, 0.29) is 48.6 Å². The van der Waals surface area contributed by atoms with E-state index >= 15 is 0 Å². The molecule has 0 heterocycles. The molecule has 0 aliphatic carbocycles. The minimum Gasteiger partial charge on any atom is -0.466 e. The van der Waals surface area contributed by atoms with Crippen molar-refractivity contribution in [2.45, 2.75) is 78.9 Å². The Morgan fingerprint density at radius 3 is 1.69 bits per heavy atom. The SMILES string of the molecule is CCC(=O)OCCC(CC)OC(=O)CC.CCC(OC(=O)c1ccccc1)C(C)COC(=O)c1ccccc1. The zero-order valence-electron chi connectivity index (χ0n) is 23.7. The van der Waals surface area contributed by atoms with E-state index in [0.717, 1.165) is 6.42 Å². The van der Waals surface area contributed by atoms with Crippen LogP contribution in [-0.4, -0.2) is 49.3 Å². The first kappa shape index (κ1) is 33.3. The van der Waals surface area contributed by atoms with Crippen molar-refractivity contribution in [3.8, 4) is 0 Å². The molecule has 39 heavy (non-hydrogen) atoms. The van der Waals surface area contributed by atoms with Gasteiger partial charge >= 0.3 is 23.9 Å². The molecule has 0 aliphatic rings. The Labute approximate surface area is 232 Å². The number of carbonyl (C=O) groups excluding carboxylic acids is 4. The maximum absolute atomic E-state index is 12.1. The first-order valence-electron chi connectivity index (χ1n) is 13.6. The first-order chi connectivity index (χ1) is 18.7. The van der Waals surface area contributed by atoms with Gasteiger partial charge in [-0.05, 0) is 37.1 Å². The minimum atomic E-state index is -0.369. The number of carbonyl (C=O) groups is 4. The monoisotopic (exact) mass is 542 g/mol. The Kier molecular flexibility index (Phi) is 16.6. The topological polar surface area (TPSA) is 105 Å². The van der Waals surface area contributed by atoms with Crippen LogP contribution in [-0.2, 0) is 28.5 Å². The van der Waals surface area contributed by atoms with E-state index in [4.69, 9.17) is 18.9 Å². The molecular weight excluding hydrogens is 500 g/mol. The third-order valence-corrected chi connectivity index (χ3v) is 5.83. The molecule has 0 amide bonds. The quantitative estimate of drug-likeness (QED) is 0.206. The lowest BCUT2D eigenvalue weighted by molar-refractivity contribution is -0.151. The summed E-state index contributed by atoms with van der Waals surface area (Å²) in [6.07, 6.45) is 2.30. The Hall–Kier alpha value is -3.68. The van der Waals surface area contributed by atoms with Crippen molar-refractivity contribution in [3.05, 3.63) is 71.8 Å². The number of hydrogen-bond donors (Lipinski definition) is 0. The Morgan fingerprint density at radius 2 is 1.21 bits per heavy atom. The third-order valence-electron chi connectivity index (χ3n) is 5.83. The van der Waals surface area contributed by atoms with Gasteiger partial charge in [-0.15, -0.1) is 0 Å². The molecule has 2 rings (SSSR count). The molecule has 0 saturated carbocycles. The predicted molar refractivity (Wildman–Crippen MR) is 148 cm³/mol. The van der Waals surface area contributed by atoms with Crippen molar-refractivity contribution < 1.29 is 38.1 Å². The Morgan fingerprint density at radius 1 is 0.667 bits per heavy atom. The molecule has 0 saturated heterocycles. The zero-order chi connectivity index (χ0) is 29.0. The smallest absolute Gasteiger partial charge is 0.338 e. The van der Waals surface area contributed by atoms with Crippen LogP contribution in [0.3, 0.4) is 0 Å². The van der Waals surface area contributed by atoms with E-state index in [1.54, 1.807) is 62.4 Å². The van der Waals surface area contributed by atoms with Crippen LogP contribution in [0, 0.1) is 5.92 Å². The lowest BCUT2D eigenvalue weighted by Gasteiger charge is -2.22. The number of rotatable bonds is 14. The molecule has 2 aromatic rings. The van der Waals surface area contributed by atoms with Gasteiger partial charge in [0.1, 0.15) is 12.2 Å². The van der Waals surface area contributed by atoms with E-state index < -0.39 is 0 Å². The fourth-order valence-electron chi connectivity index (χ4n) is 3.38. The van der Waals surface area contributed by atoms with Gasteiger partial charge in [-0.3, -0.25) is 9.59 Å². The molecule has 2 aromatic carbocycles. The second kappa shape index (κ2) is 19.4. The van der Waals surface area contributed by atoms with Crippen molar-refractivity contribution >= 4 is 23.9 Å². The third kappa shape index (κ3) is 13.6. The predicted octanol–water partition coefficient (Wildman–Crippen LogP) is 6.18. The highest BCUT2D eigenvalue weighted by atomic mass is 16.6. The summed E-state index contributed by atoms with van der Waals surface area (Å²) in [5, 5.41) is 0. The molecule has 0 radical (unpaired) electrons. The van der Waals surface area contributed by atoms with Crippen molar-refractivity contribution in [3.63, 3.8) is 0 Å². The number of benzene rings is 2. The van der Waals surface area contributed by atoms with E-state index in [9.17, 15) is 19.2 Å². The zero-order valence-corrected chi connectivity index (χ0v) is 23.7. The molecule has 0 fully saturated rings. The Bertz CT molecular complexity index is 990. The van der Waals surface area contributed by atoms with Crippen LogP contribution in [0.25, 0.3) is 0 Å². The van der Waals surface area contributed by atoms with Gasteiger partial charge < -0.3 is 18.9 Å². The Balaban J connectivity index is 0.000000439. The van der Waals surface area contributed by atoms with E-state index in [2.05, 4.69) is 0 Å². The van der Waals surface area contributed by atoms with Gasteiger partial charge in [0.25, 0.3) is 0 Å². The standard InChI is InChI=1S/C20H22O4.C11H20O4/c1-3-18(24-20(22)17-12-8-5-9-13-17)15(2)14-23-19(21)16-10-6-4-7-11-16;1-4-9(15-11(13)6-3)7-8-14-10(12)5-2/h4-13,15,18H,3,14H2,1-2H3;9H,4-8H2,1-3H3. The minimum absolute atomic E-state index is 0.0877. The number of ether oxygens (including phenoxy) is 4. The molecule has 0 bridgehead atoms. The van der Waals surface area contributed by atoms with Gasteiger partial charge in [0.05, 0.1) is 24.3 Å². The summed E-state index contributed by atoms with van der Waals surface area (Å²) >= 11 is 0. The summed E-state index contributed by atoms with van der Waals surface area (Å²) < 4.78 is 20.9. The highest BCUT2D eigenvalue weighted by Crippen LogP contribution is 2.16. The van der Waals surface area contributed by atoms with Gasteiger partial charge in [-0.2, -0.15) is 0 Å². The molecule has 0 N–H and O–H groups in total. The lowest BCUT2D eigenvalue weighted by atomic mass is 10.0. The average molecular weight is 543 g/mol. The summed E-state index contributed by atoms with van der Waals surface area (Å²) in [5.74, 6) is -1.24. The molecule has 8 heteroatoms. The van der Waals surface area contributed by atoms with Crippen LogP contribution in [0.1, 0.15) is 87.4 Å². The van der Waals surface area contributed by atoms with Gasteiger partial charge in [0.15, 0.2) is 0 Å². The largest absolute Gasteiger partial charge is 0.466 e. The van der Waals surface area contributed by atoms with Crippen LogP contribution in [0.15, 0.2) is 60.7 Å². The van der Waals surface area contributed by atoms with Crippen LogP contribution in [0.2, 0.25) is 0 Å². The van der Waals surface area contributed by atoms with Crippen molar-refractivity contribution in [1.29, 1.82) is 0 Å². The van der Waals surface area contributed by atoms with Gasteiger partial charge in [0, 0.05) is 25.2 Å². The van der Waals surface area contributed by atoms with E-state index in [0.29, 0.717) is 43.4 Å². The molecule has 8 nitrogen and oxygen atoms in total.